The zero-order valence-electron chi connectivity index (χ0n) is 12.3. The average Bonchev–Trinajstić information content (AvgIpc) is 3.02. The van der Waals surface area contributed by atoms with Gasteiger partial charge >= 0.3 is 5.97 Å². The summed E-state index contributed by atoms with van der Waals surface area (Å²) in [6.45, 7) is 5.23. The fraction of sp³-hybridized carbons (Fsp3) is 0.250. The third-order valence-corrected chi connectivity index (χ3v) is 3.71. The number of hydrogen-bond acceptors (Lipinski definition) is 5. The predicted molar refractivity (Wildman–Crippen MR) is 81.4 cm³/mol. The summed E-state index contributed by atoms with van der Waals surface area (Å²) in [5.41, 5.74) is 0.756. The van der Waals surface area contributed by atoms with Crippen molar-refractivity contribution in [3.05, 3.63) is 34.2 Å². The minimum absolute atomic E-state index is 0.117. The van der Waals surface area contributed by atoms with E-state index in [4.69, 9.17) is 25.2 Å². The topological polar surface area (TPSA) is 69.7 Å². The molecular weight excluding hydrogens is 308 g/mol. The molecule has 0 saturated carbocycles. The molecule has 5 nitrogen and oxygen atoms in total. The molecule has 0 aliphatic heterocycles. The predicted octanol–water partition coefficient (Wildman–Crippen LogP) is 4.20. The number of carbonyl (C=O) groups excluding carboxylic acids is 2. The molecule has 1 aromatic carbocycles. The Morgan fingerprint density at radius 3 is 2.32 bits per heavy atom. The first-order valence-electron chi connectivity index (χ1n) is 6.77. The SMILES string of the molecule is CCOC(=O)C(=O)c1c2cc(C)oc2c(Cl)c2cc(C)oc12. The maximum atomic E-state index is 12.5. The van der Waals surface area contributed by atoms with E-state index in [-0.39, 0.29) is 17.8 Å². The fourth-order valence-corrected chi connectivity index (χ4v) is 2.78. The summed E-state index contributed by atoms with van der Waals surface area (Å²) < 4.78 is 16.0. The van der Waals surface area contributed by atoms with E-state index in [1.54, 1.807) is 32.9 Å². The number of esters is 1. The number of ketones is 1. The van der Waals surface area contributed by atoms with Gasteiger partial charge in [0.2, 0.25) is 0 Å². The summed E-state index contributed by atoms with van der Waals surface area (Å²) in [5.74, 6) is -0.539. The standard InChI is InChI=1S/C16H13ClO5/c1-4-20-16(19)13(18)11-9-5-7(2)22-15(9)12(17)10-6-8(3)21-14(10)11/h5-6H,4H2,1-3H3. The van der Waals surface area contributed by atoms with Crippen LogP contribution in [0.1, 0.15) is 28.8 Å². The number of halogens is 1. The van der Waals surface area contributed by atoms with Crippen LogP contribution in [-0.2, 0) is 9.53 Å². The van der Waals surface area contributed by atoms with Crippen molar-refractivity contribution in [2.45, 2.75) is 20.8 Å². The van der Waals surface area contributed by atoms with Crippen LogP contribution >= 0.6 is 11.6 Å². The van der Waals surface area contributed by atoms with Crippen molar-refractivity contribution in [1.29, 1.82) is 0 Å². The Morgan fingerprint density at radius 2 is 1.68 bits per heavy atom. The van der Waals surface area contributed by atoms with Crippen LogP contribution in [0.3, 0.4) is 0 Å². The lowest BCUT2D eigenvalue weighted by atomic mass is 10.0. The van der Waals surface area contributed by atoms with Gasteiger partial charge in [-0.3, -0.25) is 4.79 Å². The number of ether oxygens (including phenoxy) is 1. The maximum Gasteiger partial charge on any atom is 0.379 e. The molecule has 0 aliphatic carbocycles. The smallest absolute Gasteiger partial charge is 0.379 e. The highest BCUT2D eigenvalue weighted by molar-refractivity contribution is 6.48. The molecule has 0 radical (unpaired) electrons. The lowest BCUT2D eigenvalue weighted by Gasteiger charge is -2.05. The first-order valence-corrected chi connectivity index (χ1v) is 7.15. The van der Waals surface area contributed by atoms with Gasteiger partial charge in [0.15, 0.2) is 5.58 Å². The van der Waals surface area contributed by atoms with Gasteiger partial charge < -0.3 is 13.6 Å². The molecule has 0 N–H and O–H groups in total. The number of benzene rings is 1. The Balaban J connectivity index is 2.40. The summed E-state index contributed by atoms with van der Waals surface area (Å²) in [7, 11) is 0. The molecule has 6 heteroatoms. The van der Waals surface area contributed by atoms with Crippen LogP contribution in [0, 0.1) is 13.8 Å². The molecule has 0 bridgehead atoms. The van der Waals surface area contributed by atoms with E-state index in [1.165, 1.54) is 0 Å². The molecule has 3 rings (SSSR count). The molecule has 22 heavy (non-hydrogen) atoms. The van der Waals surface area contributed by atoms with Gasteiger partial charge in [-0.1, -0.05) is 11.6 Å². The van der Waals surface area contributed by atoms with E-state index in [0.29, 0.717) is 32.9 Å². The monoisotopic (exact) mass is 320 g/mol. The first kappa shape index (κ1) is 14.7. The van der Waals surface area contributed by atoms with Crippen LogP contribution in [0.4, 0.5) is 0 Å². The van der Waals surface area contributed by atoms with Gasteiger partial charge in [0, 0.05) is 10.8 Å². The highest BCUT2D eigenvalue weighted by atomic mass is 35.5. The normalized spacial score (nSPS) is 11.3. The molecule has 0 saturated heterocycles. The third-order valence-electron chi connectivity index (χ3n) is 3.33. The summed E-state index contributed by atoms with van der Waals surface area (Å²) in [6, 6.07) is 3.36. The first-order chi connectivity index (χ1) is 10.4. The van der Waals surface area contributed by atoms with Gasteiger partial charge in [-0.05, 0) is 32.9 Å². The second-order valence-corrected chi connectivity index (χ2v) is 5.32. The highest BCUT2D eigenvalue weighted by Gasteiger charge is 2.28. The van der Waals surface area contributed by atoms with E-state index in [2.05, 4.69) is 0 Å². The molecule has 0 spiro atoms. The quantitative estimate of drug-likeness (QED) is 0.411. The van der Waals surface area contributed by atoms with Gasteiger partial charge in [0.05, 0.1) is 17.2 Å². The van der Waals surface area contributed by atoms with E-state index in [9.17, 15) is 9.59 Å². The van der Waals surface area contributed by atoms with Crippen molar-refractivity contribution >= 4 is 45.3 Å². The Kier molecular flexibility index (Phi) is 3.45. The van der Waals surface area contributed by atoms with Crippen LogP contribution in [0.2, 0.25) is 5.02 Å². The van der Waals surface area contributed by atoms with E-state index >= 15 is 0 Å². The van der Waals surface area contributed by atoms with E-state index in [0.717, 1.165) is 0 Å². The van der Waals surface area contributed by atoms with Crippen LogP contribution in [0.15, 0.2) is 21.0 Å². The van der Waals surface area contributed by atoms with Crippen molar-refractivity contribution in [2.24, 2.45) is 0 Å². The number of aryl methyl sites for hydroxylation is 2. The Morgan fingerprint density at radius 1 is 1.09 bits per heavy atom. The lowest BCUT2D eigenvalue weighted by molar-refractivity contribution is -0.137. The number of rotatable bonds is 3. The summed E-state index contributed by atoms with van der Waals surface area (Å²) in [5, 5.41) is 1.34. The van der Waals surface area contributed by atoms with Crippen LogP contribution in [0.25, 0.3) is 21.9 Å². The minimum Gasteiger partial charge on any atom is -0.461 e. The zero-order chi connectivity index (χ0) is 16.0. The second-order valence-electron chi connectivity index (χ2n) is 4.94. The minimum atomic E-state index is -0.930. The molecule has 2 aromatic heterocycles. The summed E-state index contributed by atoms with van der Waals surface area (Å²) in [6.07, 6.45) is 0. The van der Waals surface area contributed by atoms with Gasteiger partial charge in [0.25, 0.3) is 5.78 Å². The largest absolute Gasteiger partial charge is 0.461 e. The zero-order valence-corrected chi connectivity index (χ0v) is 13.0. The molecule has 0 aliphatic rings. The van der Waals surface area contributed by atoms with E-state index < -0.39 is 11.8 Å². The average molecular weight is 321 g/mol. The molecule has 114 valence electrons. The number of fused-ring (bicyclic) bond motifs is 2. The number of carbonyl (C=O) groups is 2. The van der Waals surface area contributed by atoms with Crippen molar-refractivity contribution < 1.29 is 23.2 Å². The number of furan rings is 2. The number of hydrogen-bond donors (Lipinski definition) is 0. The molecular formula is C16H13ClO5. The molecule has 2 heterocycles. The van der Waals surface area contributed by atoms with Gasteiger partial charge in [-0.25, -0.2) is 4.79 Å². The van der Waals surface area contributed by atoms with E-state index in [1.807, 2.05) is 0 Å². The Labute approximate surface area is 130 Å². The van der Waals surface area contributed by atoms with Gasteiger partial charge in [0.1, 0.15) is 17.1 Å². The van der Waals surface area contributed by atoms with Crippen molar-refractivity contribution in [1.82, 2.24) is 0 Å². The van der Waals surface area contributed by atoms with Crippen LogP contribution in [0.5, 0.6) is 0 Å². The number of Topliss-reactive ketones (excluding diaryl/α,β-unsaturated/α-hetero) is 1. The summed E-state index contributed by atoms with van der Waals surface area (Å²) >= 11 is 6.34. The maximum absolute atomic E-state index is 12.5. The highest BCUT2D eigenvalue weighted by Crippen LogP contribution is 2.39. The Hall–Kier alpha value is -2.27. The Bertz CT molecular complexity index is 858. The second kappa shape index (κ2) is 5.18. The summed E-state index contributed by atoms with van der Waals surface area (Å²) in [4.78, 5) is 24.3. The van der Waals surface area contributed by atoms with Crippen molar-refractivity contribution in [2.75, 3.05) is 6.61 Å². The molecule has 0 fully saturated rings. The van der Waals surface area contributed by atoms with Crippen LogP contribution < -0.4 is 0 Å². The molecule has 0 amide bonds. The third kappa shape index (κ3) is 2.09. The van der Waals surface area contributed by atoms with Crippen molar-refractivity contribution in [3.8, 4) is 0 Å². The molecule has 0 atom stereocenters. The van der Waals surface area contributed by atoms with Crippen molar-refractivity contribution in [3.63, 3.8) is 0 Å². The van der Waals surface area contributed by atoms with Crippen LogP contribution in [-0.4, -0.2) is 18.4 Å². The van der Waals surface area contributed by atoms with Gasteiger partial charge in [-0.15, -0.1) is 0 Å². The lowest BCUT2D eigenvalue weighted by Crippen LogP contribution is -2.18. The molecule has 3 aromatic rings. The fourth-order valence-electron chi connectivity index (χ4n) is 2.49. The van der Waals surface area contributed by atoms with Gasteiger partial charge in [-0.2, -0.15) is 0 Å². The molecule has 0 unspecified atom stereocenters.